The standard InChI is InChI=1S/C17H13F6NO2/c1-10(24-25)12-2-4-15(5-3-12)26-9-11-6-13(16(18,19)20)8-14(7-11)17(21,22)23/h2-8,25H,9H2,1H3. The van der Waals surface area contributed by atoms with E-state index in [1.165, 1.54) is 24.3 Å². The average Bonchev–Trinajstić information content (AvgIpc) is 2.58. The molecule has 0 aliphatic rings. The Labute approximate surface area is 144 Å². The van der Waals surface area contributed by atoms with Crippen molar-refractivity contribution < 1.29 is 36.3 Å². The summed E-state index contributed by atoms with van der Waals surface area (Å²) in [5, 5.41) is 11.7. The Morgan fingerprint density at radius 3 is 1.85 bits per heavy atom. The number of halogens is 6. The number of benzene rings is 2. The van der Waals surface area contributed by atoms with Crippen LogP contribution in [0.3, 0.4) is 0 Å². The zero-order valence-electron chi connectivity index (χ0n) is 13.3. The molecule has 9 heteroatoms. The van der Waals surface area contributed by atoms with Gasteiger partial charge in [0.1, 0.15) is 12.4 Å². The fourth-order valence-electron chi connectivity index (χ4n) is 2.12. The van der Waals surface area contributed by atoms with Gasteiger partial charge < -0.3 is 9.94 Å². The van der Waals surface area contributed by atoms with E-state index in [0.29, 0.717) is 23.4 Å². The van der Waals surface area contributed by atoms with E-state index in [-0.39, 0.29) is 17.4 Å². The average molecular weight is 377 g/mol. The molecule has 2 rings (SSSR count). The third-order valence-corrected chi connectivity index (χ3v) is 3.48. The van der Waals surface area contributed by atoms with Gasteiger partial charge in [0.15, 0.2) is 0 Å². The SMILES string of the molecule is CC(=NO)c1ccc(OCc2cc(C(F)(F)F)cc(C(F)(F)F)c2)cc1. The largest absolute Gasteiger partial charge is 0.489 e. The highest BCUT2D eigenvalue weighted by atomic mass is 19.4. The minimum atomic E-state index is -4.90. The van der Waals surface area contributed by atoms with Gasteiger partial charge in [-0.1, -0.05) is 5.16 Å². The third kappa shape index (κ3) is 4.90. The topological polar surface area (TPSA) is 41.8 Å². The fourth-order valence-corrected chi connectivity index (χ4v) is 2.12. The van der Waals surface area contributed by atoms with Crippen molar-refractivity contribution in [2.45, 2.75) is 25.9 Å². The Balaban J connectivity index is 2.23. The van der Waals surface area contributed by atoms with Crippen molar-refractivity contribution in [2.24, 2.45) is 5.16 Å². The van der Waals surface area contributed by atoms with Crippen LogP contribution in [-0.2, 0) is 19.0 Å². The molecule has 0 atom stereocenters. The Kier molecular flexibility index (Phi) is 5.48. The molecule has 0 fully saturated rings. The summed E-state index contributed by atoms with van der Waals surface area (Å²) in [6, 6.07) is 7.30. The number of oxime groups is 1. The molecule has 0 radical (unpaired) electrons. The molecule has 2 aromatic rings. The lowest BCUT2D eigenvalue weighted by molar-refractivity contribution is -0.143. The number of hydrogen-bond donors (Lipinski definition) is 1. The van der Waals surface area contributed by atoms with Crippen molar-refractivity contribution in [2.75, 3.05) is 0 Å². The van der Waals surface area contributed by atoms with E-state index in [9.17, 15) is 26.3 Å². The first kappa shape index (κ1) is 19.6. The first-order chi connectivity index (χ1) is 12.0. The summed E-state index contributed by atoms with van der Waals surface area (Å²) < 4.78 is 82.1. The van der Waals surface area contributed by atoms with Gasteiger partial charge in [-0.25, -0.2) is 0 Å². The van der Waals surface area contributed by atoms with Crippen LogP contribution in [0, 0.1) is 0 Å². The molecule has 3 nitrogen and oxygen atoms in total. The van der Waals surface area contributed by atoms with Crippen molar-refractivity contribution >= 4 is 5.71 Å². The Bertz CT molecular complexity index is 762. The minimum Gasteiger partial charge on any atom is -0.489 e. The Morgan fingerprint density at radius 2 is 1.42 bits per heavy atom. The number of nitrogens with zero attached hydrogens (tertiary/aromatic N) is 1. The summed E-state index contributed by atoms with van der Waals surface area (Å²) in [5.41, 5.74) is -2.13. The predicted octanol–water partition coefficient (Wildman–Crippen LogP) is 5.50. The van der Waals surface area contributed by atoms with Crippen LogP contribution in [0.4, 0.5) is 26.3 Å². The number of hydrogen-bond acceptors (Lipinski definition) is 3. The van der Waals surface area contributed by atoms with E-state index in [0.717, 1.165) is 0 Å². The third-order valence-electron chi connectivity index (χ3n) is 3.48. The quantitative estimate of drug-likeness (QED) is 0.331. The zero-order valence-corrected chi connectivity index (χ0v) is 13.3. The molecule has 1 N–H and O–H groups in total. The molecule has 140 valence electrons. The molecule has 0 saturated carbocycles. The molecular weight excluding hydrogens is 364 g/mol. The molecule has 0 aliphatic carbocycles. The van der Waals surface area contributed by atoms with E-state index in [4.69, 9.17) is 9.94 Å². The van der Waals surface area contributed by atoms with Crippen LogP contribution in [0.1, 0.15) is 29.2 Å². The highest BCUT2D eigenvalue weighted by molar-refractivity contribution is 5.98. The van der Waals surface area contributed by atoms with E-state index >= 15 is 0 Å². The fraction of sp³-hybridized carbons (Fsp3) is 0.235. The molecule has 0 unspecified atom stereocenters. The van der Waals surface area contributed by atoms with Crippen molar-refractivity contribution in [3.63, 3.8) is 0 Å². The first-order valence-corrected chi connectivity index (χ1v) is 7.21. The lowest BCUT2D eigenvalue weighted by Crippen LogP contribution is -2.12. The molecule has 0 amide bonds. The highest BCUT2D eigenvalue weighted by Crippen LogP contribution is 2.36. The van der Waals surface area contributed by atoms with Crippen LogP contribution in [0.15, 0.2) is 47.6 Å². The van der Waals surface area contributed by atoms with Gasteiger partial charge in [-0.15, -0.1) is 0 Å². The second kappa shape index (κ2) is 7.27. The van der Waals surface area contributed by atoms with E-state index < -0.39 is 30.1 Å². The van der Waals surface area contributed by atoms with Crippen molar-refractivity contribution in [1.82, 2.24) is 0 Å². The lowest BCUT2D eigenvalue weighted by atomic mass is 10.1. The van der Waals surface area contributed by atoms with Gasteiger partial charge in [0, 0.05) is 0 Å². The number of alkyl halides is 6. The lowest BCUT2D eigenvalue weighted by Gasteiger charge is -2.14. The molecule has 0 bridgehead atoms. The molecular formula is C17H13F6NO2. The summed E-state index contributed by atoms with van der Waals surface area (Å²) in [6.45, 7) is 1.08. The maximum atomic E-state index is 12.8. The van der Waals surface area contributed by atoms with Crippen LogP contribution in [0.5, 0.6) is 5.75 Å². The van der Waals surface area contributed by atoms with Gasteiger partial charge >= 0.3 is 12.4 Å². The van der Waals surface area contributed by atoms with E-state index in [1.807, 2.05) is 0 Å². The molecule has 0 spiro atoms. The van der Waals surface area contributed by atoms with Crippen LogP contribution < -0.4 is 4.74 Å². The maximum absolute atomic E-state index is 12.8. The molecule has 2 aromatic carbocycles. The molecule has 0 aliphatic heterocycles. The van der Waals surface area contributed by atoms with Crippen LogP contribution in [0.2, 0.25) is 0 Å². The summed E-state index contributed by atoms with van der Waals surface area (Å²) in [7, 11) is 0. The molecule has 0 aromatic heterocycles. The van der Waals surface area contributed by atoms with Gasteiger partial charge in [-0.2, -0.15) is 26.3 Å². The van der Waals surface area contributed by atoms with Crippen molar-refractivity contribution in [3.05, 3.63) is 64.7 Å². The van der Waals surface area contributed by atoms with Crippen LogP contribution >= 0.6 is 0 Å². The summed E-state index contributed by atoms with van der Waals surface area (Å²) in [4.78, 5) is 0. The number of rotatable bonds is 4. The van der Waals surface area contributed by atoms with Gasteiger partial charge in [0.2, 0.25) is 0 Å². The normalized spacial score (nSPS) is 13.0. The second-order valence-corrected chi connectivity index (χ2v) is 5.41. The van der Waals surface area contributed by atoms with Gasteiger partial charge in [0.05, 0.1) is 16.8 Å². The zero-order chi connectivity index (χ0) is 19.5. The molecule has 26 heavy (non-hydrogen) atoms. The molecule has 0 saturated heterocycles. The van der Waals surface area contributed by atoms with Crippen molar-refractivity contribution in [1.29, 1.82) is 0 Å². The maximum Gasteiger partial charge on any atom is 0.416 e. The smallest absolute Gasteiger partial charge is 0.416 e. The summed E-state index contributed by atoms with van der Waals surface area (Å²) in [5.74, 6) is 0.241. The van der Waals surface area contributed by atoms with E-state index in [2.05, 4.69) is 5.16 Å². The first-order valence-electron chi connectivity index (χ1n) is 7.21. The van der Waals surface area contributed by atoms with Gasteiger partial charge in [-0.3, -0.25) is 0 Å². The second-order valence-electron chi connectivity index (χ2n) is 5.41. The monoisotopic (exact) mass is 377 g/mol. The van der Waals surface area contributed by atoms with Gasteiger partial charge in [0.25, 0.3) is 0 Å². The van der Waals surface area contributed by atoms with Crippen LogP contribution in [-0.4, -0.2) is 10.9 Å². The van der Waals surface area contributed by atoms with Crippen LogP contribution in [0.25, 0.3) is 0 Å². The minimum absolute atomic E-state index is 0.0648. The van der Waals surface area contributed by atoms with Crippen molar-refractivity contribution in [3.8, 4) is 5.75 Å². The summed E-state index contributed by atoms with van der Waals surface area (Å²) >= 11 is 0. The van der Waals surface area contributed by atoms with E-state index in [1.54, 1.807) is 6.92 Å². The summed E-state index contributed by atoms with van der Waals surface area (Å²) in [6.07, 6.45) is -9.81. The Hall–Kier alpha value is -2.71. The number of ether oxygens (including phenoxy) is 1. The molecule has 0 heterocycles. The predicted molar refractivity (Wildman–Crippen MR) is 81.2 cm³/mol. The highest BCUT2D eigenvalue weighted by Gasteiger charge is 2.36. The van der Waals surface area contributed by atoms with Gasteiger partial charge in [-0.05, 0) is 60.5 Å². The Morgan fingerprint density at radius 1 is 0.923 bits per heavy atom.